The van der Waals surface area contributed by atoms with E-state index in [2.05, 4.69) is 43.3 Å². The maximum absolute atomic E-state index is 12.8. The Morgan fingerprint density at radius 2 is 1.79 bits per heavy atom. The SMILES string of the molecule is CC1C=CCC([I+]c2ccccc2)=C1C(=O)c1cccs1.O=S(=O)([O-])C(F)(F)F. The third kappa shape index (κ3) is 6.76. The molecule has 1 aliphatic carbocycles. The van der Waals surface area contributed by atoms with E-state index in [-0.39, 0.29) is 32.9 Å². The number of rotatable bonds is 4. The molecule has 0 amide bonds. The summed E-state index contributed by atoms with van der Waals surface area (Å²) < 4.78 is 61.7. The molecule has 1 unspecified atom stereocenters. The molecular formula is C19H16F3IO4S2. The van der Waals surface area contributed by atoms with Crippen molar-refractivity contribution < 1.29 is 52.1 Å². The molecule has 29 heavy (non-hydrogen) atoms. The van der Waals surface area contributed by atoms with Crippen molar-refractivity contribution in [1.29, 1.82) is 0 Å². The molecule has 1 aromatic heterocycles. The number of Topliss-reactive ketones (excluding diaryl/α,β-unsaturated/α-hetero) is 1. The Morgan fingerprint density at radius 3 is 2.31 bits per heavy atom. The summed E-state index contributed by atoms with van der Waals surface area (Å²) in [5, 5.41) is 1.98. The van der Waals surface area contributed by atoms with Gasteiger partial charge < -0.3 is 4.55 Å². The molecular weight excluding hydrogens is 540 g/mol. The summed E-state index contributed by atoms with van der Waals surface area (Å²) in [7, 11) is -6.09. The zero-order chi connectivity index (χ0) is 21.7. The van der Waals surface area contributed by atoms with Crippen LogP contribution in [0.3, 0.4) is 0 Å². The van der Waals surface area contributed by atoms with E-state index in [1.54, 1.807) is 0 Å². The lowest BCUT2D eigenvalue weighted by molar-refractivity contribution is -0.579. The van der Waals surface area contributed by atoms with Gasteiger partial charge >= 0.3 is 26.7 Å². The van der Waals surface area contributed by atoms with Crippen LogP contribution in [0.2, 0.25) is 0 Å². The van der Waals surface area contributed by atoms with Gasteiger partial charge in [-0.05, 0) is 23.6 Å². The first-order valence-electron chi connectivity index (χ1n) is 8.20. The zero-order valence-electron chi connectivity index (χ0n) is 15.0. The minimum absolute atomic E-state index is 0.228. The topological polar surface area (TPSA) is 74.3 Å². The molecule has 0 saturated heterocycles. The van der Waals surface area contributed by atoms with Crippen LogP contribution in [0.4, 0.5) is 13.2 Å². The summed E-state index contributed by atoms with van der Waals surface area (Å²) in [6.07, 6.45) is 5.31. The monoisotopic (exact) mass is 556 g/mol. The van der Waals surface area contributed by atoms with Gasteiger partial charge in [-0.15, -0.1) is 11.3 Å². The normalized spacial score (nSPS) is 16.9. The molecule has 3 rings (SSSR count). The lowest BCUT2D eigenvalue weighted by Crippen LogP contribution is -3.61. The molecule has 1 heterocycles. The quantitative estimate of drug-likeness (QED) is 0.189. The van der Waals surface area contributed by atoms with Crippen molar-refractivity contribution in [3.8, 4) is 0 Å². The predicted octanol–water partition coefficient (Wildman–Crippen LogP) is 1.79. The summed E-state index contributed by atoms with van der Waals surface area (Å²) in [6, 6.07) is 14.4. The summed E-state index contributed by atoms with van der Waals surface area (Å²) in [6.45, 7) is 2.13. The second-order valence-corrected chi connectivity index (χ2v) is 11.2. The largest absolute Gasteiger partial charge is 0.741 e. The number of allylic oxidation sites excluding steroid dienone is 4. The highest BCUT2D eigenvalue weighted by Gasteiger charge is 2.37. The first-order valence-corrected chi connectivity index (χ1v) is 12.6. The van der Waals surface area contributed by atoms with Gasteiger partial charge in [0.05, 0.1) is 10.5 Å². The van der Waals surface area contributed by atoms with Crippen LogP contribution in [0.5, 0.6) is 0 Å². The zero-order valence-corrected chi connectivity index (χ0v) is 18.8. The molecule has 1 aromatic carbocycles. The lowest BCUT2D eigenvalue weighted by Gasteiger charge is -2.14. The van der Waals surface area contributed by atoms with Gasteiger partial charge in [0.1, 0.15) is 0 Å². The molecule has 0 saturated carbocycles. The number of thiophene rings is 1. The average Bonchev–Trinajstić information content (AvgIpc) is 3.16. The number of hydrogen-bond acceptors (Lipinski definition) is 5. The van der Waals surface area contributed by atoms with Gasteiger partial charge in [0.2, 0.25) is 5.78 Å². The second kappa shape index (κ2) is 10.0. The lowest BCUT2D eigenvalue weighted by atomic mass is 9.91. The van der Waals surface area contributed by atoms with E-state index in [0.29, 0.717) is 0 Å². The van der Waals surface area contributed by atoms with Crippen LogP contribution >= 0.6 is 11.3 Å². The minimum Gasteiger partial charge on any atom is -0.741 e. The molecule has 1 atom stereocenters. The average molecular weight is 556 g/mol. The summed E-state index contributed by atoms with van der Waals surface area (Å²) in [4.78, 5) is 13.7. The molecule has 0 N–H and O–H groups in total. The van der Waals surface area contributed by atoms with Crippen molar-refractivity contribution in [2.24, 2.45) is 5.92 Å². The Kier molecular flexibility index (Phi) is 8.20. The van der Waals surface area contributed by atoms with Crippen molar-refractivity contribution in [2.45, 2.75) is 18.9 Å². The predicted molar refractivity (Wildman–Crippen MR) is 99.5 cm³/mol. The maximum atomic E-state index is 12.8. The fourth-order valence-corrected chi connectivity index (χ4v) is 6.10. The third-order valence-corrected chi connectivity index (χ3v) is 8.15. The Hall–Kier alpha value is -1.50. The maximum Gasteiger partial charge on any atom is 0.485 e. The number of halogens is 4. The molecule has 0 aliphatic heterocycles. The van der Waals surface area contributed by atoms with Crippen molar-refractivity contribution >= 4 is 27.2 Å². The van der Waals surface area contributed by atoms with Crippen molar-refractivity contribution in [1.82, 2.24) is 0 Å². The summed E-state index contributed by atoms with van der Waals surface area (Å²) in [5.41, 5.74) is -4.61. The van der Waals surface area contributed by atoms with Crippen LogP contribution in [0.1, 0.15) is 23.0 Å². The molecule has 0 bridgehead atoms. The first kappa shape index (κ1) is 23.8. The van der Waals surface area contributed by atoms with E-state index in [4.69, 9.17) is 13.0 Å². The minimum atomic E-state index is -6.09. The van der Waals surface area contributed by atoms with Crippen LogP contribution in [0.25, 0.3) is 0 Å². The van der Waals surface area contributed by atoms with E-state index in [1.807, 2.05) is 23.6 Å². The van der Waals surface area contributed by atoms with Gasteiger partial charge in [-0.3, -0.25) is 4.79 Å². The van der Waals surface area contributed by atoms with Gasteiger partial charge in [0, 0.05) is 12.3 Å². The third-order valence-electron chi connectivity index (χ3n) is 3.70. The van der Waals surface area contributed by atoms with E-state index in [0.717, 1.165) is 16.9 Å². The second-order valence-electron chi connectivity index (χ2n) is 5.84. The van der Waals surface area contributed by atoms with Crippen molar-refractivity contribution in [3.63, 3.8) is 0 Å². The molecule has 156 valence electrons. The fourth-order valence-electron chi connectivity index (χ4n) is 2.40. The van der Waals surface area contributed by atoms with Gasteiger partial charge in [0.25, 0.3) is 0 Å². The highest BCUT2D eigenvalue weighted by Crippen LogP contribution is 2.26. The number of hydrogen-bond donors (Lipinski definition) is 0. The fraction of sp³-hybridized carbons (Fsp3) is 0.211. The molecule has 2 aromatic rings. The number of benzene rings is 1. The number of ketones is 1. The molecule has 1 aliphatic rings. The molecule has 0 spiro atoms. The summed E-state index contributed by atoms with van der Waals surface area (Å²) in [5.74, 6) is 0.458. The Balaban J connectivity index is 0.000000321. The Bertz CT molecular complexity index is 996. The van der Waals surface area contributed by atoms with Crippen molar-refractivity contribution in [2.75, 3.05) is 0 Å². The highest BCUT2D eigenvalue weighted by atomic mass is 127. The van der Waals surface area contributed by atoms with Crippen LogP contribution in [-0.2, 0) is 10.1 Å². The summed E-state index contributed by atoms with van der Waals surface area (Å²) >= 11 is 1.28. The van der Waals surface area contributed by atoms with E-state index >= 15 is 0 Å². The molecule has 4 nitrogen and oxygen atoms in total. The smallest absolute Gasteiger partial charge is 0.485 e. The number of carbonyl (C=O) groups excluding carboxylic acids is 1. The van der Waals surface area contributed by atoms with E-state index in [9.17, 15) is 18.0 Å². The van der Waals surface area contributed by atoms with Crippen LogP contribution in [0, 0.1) is 9.49 Å². The first-order chi connectivity index (χ1) is 13.5. The number of alkyl halides is 3. The standard InChI is InChI=1S/C18H16IOS.CHF3O3S/c1-13-7-5-10-15(19-14-8-3-2-4-9-14)17(13)18(20)16-11-6-12-21-16;2-1(3,4)8(5,6)7/h2-9,11-13H,10H2,1H3;(H,5,6,7)/q+1;/p-1. The highest BCUT2D eigenvalue weighted by molar-refractivity contribution is 7.86. The van der Waals surface area contributed by atoms with Crippen LogP contribution in [0.15, 0.2) is 69.1 Å². The molecule has 0 fully saturated rings. The van der Waals surface area contributed by atoms with Gasteiger partial charge in [-0.25, -0.2) is 8.42 Å². The van der Waals surface area contributed by atoms with Crippen LogP contribution < -0.4 is 21.2 Å². The molecule has 10 heteroatoms. The Morgan fingerprint density at radius 1 is 1.17 bits per heavy atom. The molecule has 0 radical (unpaired) electrons. The van der Waals surface area contributed by atoms with E-state index < -0.39 is 15.6 Å². The van der Waals surface area contributed by atoms with E-state index in [1.165, 1.54) is 18.5 Å². The van der Waals surface area contributed by atoms with Crippen LogP contribution in [-0.4, -0.2) is 24.3 Å². The van der Waals surface area contributed by atoms with Gasteiger partial charge in [0.15, 0.2) is 17.3 Å². The number of carbonyl (C=O) groups is 1. The van der Waals surface area contributed by atoms with Gasteiger partial charge in [-0.1, -0.05) is 43.3 Å². The van der Waals surface area contributed by atoms with Crippen molar-refractivity contribution in [3.05, 3.63) is 77.6 Å². The Labute approximate surface area is 181 Å². The van der Waals surface area contributed by atoms with Gasteiger partial charge in [-0.2, -0.15) is 13.2 Å².